The maximum atomic E-state index is 12.5. The molecule has 0 aromatic carbocycles. The summed E-state index contributed by atoms with van der Waals surface area (Å²) in [5.41, 5.74) is 2.41. The number of ether oxygens (including phenoxy) is 1. The number of morpholine rings is 1. The third-order valence-electron chi connectivity index (χ3n) is 6.02. The second-order valence-electron chi connectivity index (χ2n) is 7.93. The van der Waals surface area contributed by atoms with Crippen molar-refractivity contribution in [2.24, 2.45) is 0 Å². The number of hydrogen-bond donors (Lipinski definition) is 3. The number of urea groups is 1. The van der Waals surface area contributed by atoms with Gasteiger partial charge in [0.25, 0.3) is 5.91 Å². The maximum Gasteiger partial charge on any atom is 0.418 e. The van der Waals surface area contributed by atoms with E-state index in [4.69, 9.17) is 14.1 Å². The van der Waals surface area contributed by atoms with Crippen molar-refractivity contribution >= 4 is 22.3 Å². The molecule has 0 aliphatic carbocycles. The summed E-state index contributed by atoms with van der Waals surface area (Å²) in [5.74, 6) is -0.474. The van der Waals surface area contributed by atoms with Crippen LogP contribution in [0.3, 0.4) is 0 Å². The molecule has 4 heterocycles. The highest BCUT2D eigenvalue weighted by Crippen LogP contribution is 2.30. The summed E-state index contributed by atoms with van der Waals surface area (Å²) in [6.07, 6.45) is 1.60. The van der Waals surface area contributed by atoms with Crippen LogP contribution in [-0.4, -0.2) is 110 Å². The Morgan fingerprint density at radius 1 is 1.27 bits per heavy atom. The molecule has 0 spiro atoms. The Bertz CT molecular complexity index is 761. The number of hydrogen-bond acceptors (Lipinski definition) is 9. The Hall–Kier alpha value is -1.55. The molecule has 3 amide bonds. The predicted molar refractivity (Wildman–Crippen MR) is 100 cm³/mol. The van der Waals surface area contributed by atoms with E-state index in [1.165, 1.54) is 4.90 Å². The van der Waals surface area contributed by atoms with Crippen LogP contribution in [0.25, 0.3) is 0 Å². The van der Waals surface area contributed by atoms with Crippen molar-refractivity contribution < 1.29 is 36.4 Å². The molecule has 30 heavy (non-hydrogen) atoms. The molecular formula is C16H27N5O8S. The van der Waals surface area contributed by atoms with Gasteiger partial charge in [-0.3, -0.25) is 19.1 Å². The number of piperidine rings is 1. The second kappa shape index (κ2) is 8.90. The highest BCUT2D eigenvalue weighted by atomic mass is 32.3. The molecule has 4 aliphatic rings. The van der Waals surface area contributed by atoms with Crippen molar-refractivity contribution in [3.05, 3.63) is 0 Å². The zero-order valence-corrected chi connectivity index (χ0v) is 17.3. The maximum absolute atomic E-state index is 12.5. The lowest BCUT2D eigenvalue weighted by atomic mass is 10.0. The Morgan fingerprint density at radius 2 is 2.03 bits per heavy atom. The van der Waals surface area contributed by atoms with Gasteiger partial charge in [0.05, 0.1) is 25.9 Å². The van der Waals surface area contributed by atoms with E-state index in [-0.39, 0.29) is 12.6 Å². The number of nitrogens with zero attached hydrogens (tertiary/aromatic N) is 3. The van der Waals surface area contributed by atoms with Crippen molar-refractivity contribution in [1.29, 1.82) is 0 Å². The molecule has 0 aromatic heterocycles. The number of nitrogens with one attached hydrogen (secondary N) is 2. The van der Waals surface area contributed by atoms with E-state index in [9.17, 15) is 18.0 Å². The van der Waals surface area contributed by atoms with Crippen molar-refractivity contribution in [1.82, 2.24) is 25.7 Å². The van der Waals surface area contributed by atoms with E-state index >= 15 is 0 Å². The summed E-state index contributed by atoms with van der Waals surface area (Å²) in [6.45, 7) is 4.63. The molecule has 13 nitrogen and oxygen atoms in total. The van der Waals surface area contributed by atoms with Crippen molar-refractivity contribution in [3.63, 3.8) is 0 Å². The van der Waals surface area contributed by atoms with Crippen LogP contribution in [0.1, 0.15) is 19.3 Å². The van der Waals surface area contributed by atoms with E-state index in [0.717, 1.165) is 39.3 Å². The van der Waals surface area contributed by atoms with Crippen LogP contribution in [0.2, 0.25) is 0 Å². The van der Waals surface area contributed by atoms with Crippen LogP contribution in [0.4, 0.5) is 4.79 Å². The zero-order chi connectivity index (χ0) is 21.3. The second-order valence-corrected chi connectivity index (χ2v) is 8.93. The first-order valence-electron chi connectivity index (χ1n) is 10.1. The third-order valence-corrected chi connectivity index (χ3v) is 6.37. The number of rotatable bonds is 7. The number of carbonyl (C=O) groups is 2. The van der Waals surface area contributed by atoms with Gasteiger partial charge in [0, 0.05) is 38.3 Å². The average molecular weight is 449 g/mol. The average Bonchev–Trinajstić information content (AvgIpc) is 3.27. The summed E-state index contributed by atoms with van der Waals surface area (Å²) in [4.78, 5) is 33.9. The highest BCUT2D eigenvalue weighted by Gasteiger charge is 2.49. The number of hydroxylamine groups is 3. The van der Waals surface area contributed by atoms with Crippen LogP contribution < -0.4 is 10.8 Å². The molecule has 0 saturated carbocycles. The van der Waals surface area contributed by atoms with E-state index in [2.05, 4.69) is 20.0 Å². The monoisotopic (exact) mass is 449 g/mol. The van der Waals surface area contributed by atoms with Crippen LogP contribution >= 0.6 is 0 Å². The van der Waals surface area contributed by atoms with E-state index in [0.29, 0.717) is 30.6 Å². The fourth-order valence-electron chi connectivity index (χ4n) is 4.53. The normalized spacial score (nSPS) is 32.6. The highest BCUT2D eigenvalue weighted by molar-refractivity contribution is 7.80. The molecule has 2 bridgehead atoms. The van der Waals surface area contributed by atoms with Gasteiger partial charge >= 0.3 is 16.4 Å². The van der Waals surface area contributed by atoms with Gasteiger partial charge < -0.3 is 15.0 Å². The van der Waals surface area contributed by atoms with Gasteiger partial charge in [-0.1, -0.05) is 0 Å². The summed E-state index contributed by atoms with van der Waals surface area (Å²) < 4.78 is 40.4. The van der Waals surface area contributed by atoms with Gasteiger partial charge in [0.1, 0.15) is 6.04 Å². The third kappa shape index (κ3) is 4.85. The molecule has 0 radical (unpaired) electrons. The van der Waals surface area contributed by atoms with Crippen LogP contribution in [0, 0.1) is 0 Å². The largest absolute Gasteiger partial charge is 0.418 e. The van der Waals surface area contributed by atoms with Crippen LogP contribution in [0.5, 0.6) is 0 Å². The molecule has 170 valence electrons. The van der Waals surface area contributed by atoms with Gasteiger partial charge in [-0.25, -0.2) is 10.3 Å². The Kier molecular flexibility index (Phi) is 6.43. The van der Waals surface area contributed by atoms with Gasteiger partial charge in [-0.05, 0) is 19.3 Å². The standard InChI is InChI=1S/C16H27N5O8S/c22-15(14-2-1-12-9-20(14)16(23)21(12)29-30(24,25)26)18-28-10-11-7-13(8-17-11)19-3-5-27-6-4-19/h11-14,17H,1-10H2,(H,18,22)(H,24,25,26)/t11-,12+,13-,14-/m0/s1. The Morgan fingerprint density at radius 3 is 2.77 bits per heavy atom. The minimum atomic E-state index is -4.82. The fourth-order valence-corrected chi connectivity index (χ4v) is 4.92. The van der Waals surface area contributed by atoms with Crippen molar-refractivity contribution in [2.75, 3.05) is 46.0 Å². The summed E-state index contributed by atoms with van der Waals surface area (Å²) in [7, 11) is -4.82. The van der Waals surface area contributed by atoms with Gasteiger partial charge in [-0.15, -0.1) is 4.28 Å². The molecule has 14 heteroatoms. The quantitative estimate of drug-likeness (QED) is 0.297. The lowest BCUT2D eigenvalue weighted by molar-refractivity contribution is -0.139. The van der Waals surface area contributed by atoms with Crippen molar-refractivity contribution in [3.8, 4) is 0 Å². The zero-order valence-electron chi connectivity index (χ0n) is 16.4. The van der Waals surface area contributed by atoms with E-state index < -0.39 is 34.4 Å². The van der Waals surface area contributed by atoms with Crippen molar-refractivity contribution in [2.45, 2.75) is 43.4 Å². The number of fused-ring (bicyclic) bond motifs is 2. The summed E-state index contributed by atoms with van der Waals surface area (Å²) >= 11 is 0. The number of carbonyl (C=O) groups excluding carboxylic acids is 2. The lowest BCUT2D eigenvalue weighted by Crippen LogP contribution is -2.50. The van der Waals surface area contributed by atoms with Gasteiger partial charge in [-0.2, -0.15) is 13.5 Å². The minimum absolute atomic E-state index is 0.112. The van der Waals surface area contributed by atoms with E-state index in [1.54, 1.807) is 0 Å². The Labute approximate surface area is 174 Å². The smallest absolute Gasteiger partial charge is 0.379 e. The van der Waals surface area contributed by atoms with E-state index in [1.807, 2.05) is 0 Å². The number of amides is 3. The first-order chi connectivity index (χ1) is 14.3. The molecule has 0 unspecified atom stereocenters. The first kappa shape index (κ1) is 21.7. The SMILES string of the molecule is O=C(NOC[C@@H]1C[C@H](N2CCOCC2)CN1)[C@@H]1CC[C@@H]2CN1C(=O)N2OS(=O)(=O)O. The molecule has 0 aromatic rings. The molecule has 4 rings (SSSR count). The van der Waals surface area contributed by atoms with Gasteiger partial charge in [0.15, 0.2) is 0 Å². The first-order valence-corrected chi connectivity index (χ1v) is 11.4. The van der Waals surface area contributed by atoms with Crippen LogP contribution in [-0.2, 0) is 29.1 Å². The molecule has 3 N–H and O–H groups in total. The fraction of sp³-hybridized carbons (Fsp3) is 0.875. The molecule has 4 saturated heterocycles. The summed E-state index contributed by atoms with van der Waals surface area (Å²) in [5, 5.41) is 4.00. The topological polar surface area (TPSA) is 150 Å². The minimum Gasteiger partial charge on any atom is -0.379 e. The predicted octanol–water partition coefficient (Wildman–Crippen LogP) is -1.90. The molecule has 4 fully saturated rings. The lowest BCUT2D eigenvalue weighted by Gasteiger charge is -2.31. The summed E-state index contributed by atoms with van der Waals surface area (Å²) in [6, 6.07) is -1.57. The molecule has 4 aliphatic heterocycles. The van der Waals surface area contributed by atoms with Gasteiger partial charge in [0.2, 0.25) is 0 Å². The molecule has 4 atom stereocenters. The molecular weight excluding hydrogens is 422 g/mol. The van der Waals surface area contributed by atoms with Crippen LogP contribution in [0.15, 0.2) is 0 Å². The Balaban J connectivity index is 1.22.